The third-order valence-corrected chi connectivity index (χ3v) is 4.06. The molecule has 0 atom stereocenters. The number of anilines is 1. The first kappa shape index (κ1) is 12.4. The van der Waals surface area contributed by atoms with E-state index in [2.05, 4.69) is 4.98 Å². The Hall–Kier alpha value is -1.10. The van der Waals surface area contributed by atoms with Crippen molar-refractivity contribution in [1.29, 1.82) is 0 Å². The molecule has 1 aromatic heterocycles. The zero-order chi connectivity index (χ0) is 12.3. The van der Waals surface area contributed by atoms with Gasteiger partial charge in [-0.3, -0.25) is 4.79 Å². The fourth-order valence-corrected chi connectivity index (χ4v) is 2.94. The van der Waals surface area contributed by atoms with Gasteiger partial charge in [-0.15, -0.1) is 11.3 Å². The summed E-state index contributed by atoms with van der Waals surface area (Å²) in [5, 5.41) is 2.39. The SMILES string of the molecule is CN(CC1CCCC1)C(=O)Cc1csc(N)n1. The van der Waals surface area contributed by atoms with Gasteiger partial charge in [-0.1, -0.05) is 12.8 Å². The molecule has 2 rings (SSSR count). The van der Waals surface area contributed by atoms with Crippen LogP contribution in [0.5, 0.6) is 0 Å². The van der Waals surface area contributed by atoms with Crippen LogP contribution in [0.15, 0.2) is 5.38 Å². The molecule has 0 unspecified atom stereocenters. The van der Waals surface area contributed by atoms with Crippen molar-refractivity contribution >= 4 is 22.4 Å². The smallest absolute Gasteiger partial charge is 0.228 e. The highest BCUT2D eigenvalue weighted by molar-refractivity contribution is 7.13. The van der Waals surface area contributed by atoms with Crippen molar-refractivity contribution in [1.82, 2.24) is 9.88 Å². The predicted molar refractivity (Wildman–Crippen MR) is 69.8 cm³/mol. The summed E-state index contributed by atoms with van der Waals surface area (Å²) in [6.45, 7) is 0.887. The topological polar surface area (TPSA) is 59.2 Å². The third-order valence-electron chi connectivity index (χ3n) is 3.33. The van der Waals surface area contributed by atoms with Gasteiger partial charge in [0.15, 0.2) is 5.13 Å². The van der Waals surface area contributed by atoms with Crippen molar-refractivity contribution in [3.63, 3.8) is 0 Å². The minimum Gasteiger partial charge on any atom is -0.375 e. The van der Waals surface area contributed by atoms with Crippen LogP contribution < -0.4 is 5.73 Å². The first-order valence-electron chi connectivity index (χ1n) is 6.09. The van der Waals surface area contributed by atoms with Gasteiger partial charge in [0.1, 0.15) is 0 Å². The van der Waals surface area contributed by atoms with E-state index in [9.17, 15) is 4.79 Å². The highest BCUT2D eigenvalue weighted by atomic mass is 32.1. The fraction of sp³-hybridized carbons (Fsp3) is 0.667. The van der Waals surface area contributed by atoms with Gasteiger partial charge in [-0.25, -0.2) is 4.98 Å². The van der Waals surface area contributed by atoms with Crippen LogP contribution in [0.2, 0.25) is 0 Å². The monoisotopic (exact) mass is 253 g/mol. The number of hydrogen-bond donors (Lipinski definition) is 1. The number of carbonyl (C=O) groups excluding carboxylic acids is 1. The molecule has 0 saturated heterocycles. The van der Waals surface area contributed by atoms with Crippen molar-refractivity contribution in [3.8, 4) is 0 Å². The summed E-state index contributed by atoms with van der Waals surface area (Å²) in [5.41, 5.74) is 6.33. The molecule has 0 aromatic carbocycles. The second kappa shape index (κ2) is 5.49. The third kappa shape index (κ3) is 3.43. The van der Waals surface area contributed by atoms with Crippen LogP contribution in [0.4, 0.5) is 5.13 Å². The Morgan fingerprint density at radius 2 is 2.29 bits per heavy atom. The van der Waals surface area contributed by atoms with Gasteiger partial charge in [0, 0.05) is 19.0 Å². The van der Waals surface area contributed by atoms with Crippen molar-refractivity contribution in [2.24, 2.45) is 5.92 Å². The number of hydrogen-bond acceptors (Lipinski definition) is 4. The molecule has 5 heteroatoms. The zero-order valence-electron chi connectivity index (χ0n) is 10.2. The van der Waals surface area contributed by atoms with E-state index >= 15 is 0 Å². The normalized spacial score (nSPS) is 16.3. The number of nitrogen functional groups attached to an aromatic ring is 1. The largest absolute Gasteiger partial charge is 0.375 e. The Kier molecular flexibility index (Phi) is 3.99. The second-order valence-electron chi connectivity index (χ2n) is 4.78. The highest BCUT2D eigenvalue weighted by Crippen LogP contribution is 2.25. The Balaban J connectivity index is 1.82. The van der Waals surface area contributed by atoms with Gasteiger partial charge >= 0.3 is 0 Å². The molecule has 0 aliphatic heterocycles. The van der Waals surface area contributed by atoms with Crippen molar-refractivity contribution in [2.45, 2.75) is 32.1 Å². The first-order valence-corrected chi connectivity index (χ1v) is 6.97. The highest BCUT2D eigenvalue weighted by Gasteiger charge is 2.19. The van der Waals surface area contributed by atoms with Crippen LogP contribution >= 0.6 is 11.3 Å². The molecule has 1 heterocycles. The minimum atomic E-state index is 0.141. The maximum atomic E-state index is 12.0. The zero-order valence-corrected chi connectivity index (χ0v) is 11.0. The molecule has 94 valence electrons. The Morgan fingerprint density at radius 1 is 1.59 bits per heavy atom. The van der Waals surface area contributed by atoms with Gasteiger partial charge in [0.25, 0.3) is 0 Å². The molecule has 17 heavy (non-hydrogen) atoms. The summed E-state index contributed by atoms with van der Waals surface area (Å²) in [7, 11) is 1.89. The molecule has 4 nitrogen and oxygen atoms in total. The molecule has 0 spiro atoms. The van der Waals surface area contributed by atoms with E-state index in [0.29, 0.717) is 17.5 Å². The number of thiazole rings is 1. The number of nitrogens with two attached hydrogens (primary N) is 1. The van der Waals surface area contributed by atoms with Crippen LogP contribution in [0, 0.1) is 5.92 Å². The van der Waals surface area contributed by atoms with Gasteiger partial charge < -0.3 is 10.6 Å². The summed E-state index contributed by atoms with van der Waals surface area (Å²) in [6.07, 6.45) is 5.53. The average Bonchev–Trinajstić information content (AvgIpc) is 2.90. The van der Waals surface area contributed by atoms with E-state index in [1.54, 1.807) is 0 Å². The van der Waals surface area contributed by atoms with Crippen molar-refractivity contribution in [2.75, 3.05) is 19.3 Å². The Morgan fingerprint density at radius 3 is 2.88 bits per heavy atom. The number of aromatic nitrogens is 1. The minimum absolute atomic E-state index is 0.141. The van der Waals surface area contributed by atoms with E-state index in [0.717, 1.165) is 12.2 Å². The summed E-state index contributed by atoms with van der Waals surface area (Å²) >= 11 is 1.39. The maximum Gasteiger partial charge on any atom is 0.228 e. The van der Waals surface area contributed by atoms with Gasteiger partial charge in [0.05, 0.1) is 12.1 Å². The number of amides is 1. The number of nitrogens with zero attached hydrogens (tertiary/aromatic N) is 2. The maximum absolute atomic E-state index is 12.0. The molecular formula is C12H19N3OS. The summed E-state index contributed by atoms with van der Waals surface area (Å²) in [4.78, 5) is 17.9. The Labute approximate surface area is 106 Å². The quantitative estimate of drug-likeness (QED) is 0.891. The van der Waals surface area contributed by atoms with Crippen LogP contribution in [0.3, 0.4) is 0 Å². The molecule has 0 bridgehead atoms. The number of carbonyl (C=O) groups is 1. The predicted octanol–water partition coefficient (Wildman–Crippen LogP) is 1.92. The Bertz CT molecular complexity index is 385. The second-order valence-corrected chi connectivity index (χ2v) is 5.67. The van der Waals surface area contributed by atoms with Crippen LogP contribution in [0.25, 0.3) is 0 Å². The van der Waals surface area contributed by atoms with Gasteiger partial charge in [-0.05, 0) is 18.8 Å². The summed E-state index contributed by atoms with van der Waals surface area (Å²) < 4.78 is 0. The van der Waals surface area contributed by atoms with E-state index in [1.807, 2.05) is 17.3 Å². The average molecular weight is 253 g/mol. The van der Waals surface area contributed by atoms with Crippen LogP contribution in [-0.2, 0) is 11.2 Å². The number of rotatable bonds is 4. The molecule has 1 amide bonds. The van der Waals surface area contributed by atoms with Gasteiger partial charge in [-0.2, -0.15) is 0 Å². The van der Waals surface area contributed by atoms with E-state index < -0.39 is 0 Å². The molecular weight excluding hydrogens is 234 g/mol. The van der Waals surface area contributed by atoms with Crippen molar-refractivity contribution in [3.05, 3.63) is 11.1 Å². The molecule has 1 aliphatic rings. The van der Waals surface area contributed by atoms with Crippen LogP contribution in [-0.4, -0.2) is 29.4 Å². The van der Waals surface area contributed by atoms with E-state index in [4.69, 9.17) is 5.73 Å². The molecule has 0 radical (unpaired) electrons. The summed E-state index contributed by atoms with van der Waals surface area (Å²) in [5.74, 6) is 0.839. The lowest BCUT2D eigenvalue weighted by molar-refractivity contribution is -0.129. The molecule has 1 aromatic rings. The molecule has 1 fully saturated rings. The van der Waals surface area contributed by atoms with E-state index in [1.165, 1.54) is 37.0 Å². The lowest BCUT2D eigenvalue weighted by Crippen LogP contribution is -2.32. The molecule has 1 saturated carbocycles. The van der Waals surface area contributed by atoms with Crippen molar-refractivity contribution < 1.29 is 4.79 Å². The molecule has 2 N–H and O–H groups in total. The molecule has 1 aliphatic carbocycles. The lowest BCUT2D eigenvalue weighted by Gasteiger charge is -2.20. The van der Waals surface area contributed by atoms with Crippen LogP contribution in [0.1, 0.15) is 31.4 Å². The summed E-state index contributed by atoms with van der Waals surface area (Å²) in [6, 6.07) is 0. The van der Waals surface area contributed by atoms with E-state index in [-0.39, 0.29) is 5.91 Å². The fourth-order valence-electron chi connectivity index (χ4n) is 2.38. The first-order chi connectivity index (χ1) is 8.15. The lowest BCUT2D eigenvalue weighted by atomic mass is 10.1. The standard InChI is InChI=1S/C12H19N3OS/c1-15(7-9-4-2-3-5-9)11(16)6-10-8-17-12(13)14-10/h8-9H,2-7H2,1H3,(H2,13,14). The van der Waals surface area contributed by atoms with Gasteiger partial charge in [0.2, 0.25) is 5.91 Å². The number of likely N-dealkylation sites (N-methyl/N-ethyl adjacent to an activating group) is 1.